The van der Waals surface area contributed by atoms with Crippen molar-refractivity contribution in [1.29, 1.82) is 0 Å². The van der Waals surface area contributed by atoms with Gasteiger partial charge in [-0.15, -0.1) is 0 Å². The molecule has 0 bridgehead atoms. The van der Waals surface area contributed by atoms with E-state index < -0.39 is 203 Å². The molecule has 0 radical (unpaired) electrons. The first-order valence-electron chi connectivity index (χ1n) is 44.8. The Morgan fingerprint density at radius 2 is 1.51 bits per heavy atom. The highest BCUT2D eigenvalue weighted by Gasteiger charge is 2.78. The van der Waals surface area contributed by atoms with Gasteiger partial charge in [0.2, 0.25) is 29.0 Å². The van der Waals surface area contributed by atoms with Crippen molar-refractivity contribution in [1.82, 2.24) is 21.0 Å². The molecule has 3 unspecified atom stereocenters. The largest absolute Gasteiger partial charge is 0.492 e. The molecule has 25 atom stereocenters. The topological polar surface area (TPSA) is 487 Å². The van der Waals surface area contributed by atoms with Crippen molar-refractivity contribution in [2.75, 3.05) is 72.9 Å². The molecule has 131 heavy (non-hydrogen) atoms. The number of halogens is 1. The minimum atomic E-state index is -1.88. The van der Waals surface area contributed by atoms with Crippen LogP contribution < -0.4 is 47.1 Å². The minimum absolute atomic E-state index is 0.00188. The number of esters is 1. The summed E-state index contributed by atoms with van der Waals surface area (Å²) in [6.07, 6.45) is -9.16. The second-order valence-electron chi connectivity index (χ2n) is 34.9. The predicted octanol–water partition coefficient (Wildman–Crippen LogP) is 7.70. The number of likely N-dealkylation sites (N-methyl/N-ethyl adjacent to an activating group) is 1. The van der Waals surface area contributed by atoms with Gasteiger partial charge in [0.25, 0.3) is 0 Å². The number of thioether (sulfide) groups is 1. The lowest BCUT2D eigenvalue weighted by Gasteiger charge is -2.60. The molecule has 10 rings (SSSR count). The van der Waals surface area contributed by atoms with E-state index in [-0.39, 0.29) is 106 Å². The number of benzene rings is 2. The van der Waals surface area contributed by atoms with Crippen LogP contribution >= 0.6 is 55.9 Å². The first-order valence-corrected chi connectivity index (χ1v) is 49.2. The molecular weight excluding hydrogens is 1870 g/mol. The Balaban J connectivity index is 0.859. The third-order valence-electron chi connectivity index (χ3n) is 25.7. The molecule has 39 heteroatoms. The quantitative estimate of drug-likeness (QED) is 0.00576. The maximum Gasteiger partial charge on any atom is 0.410 e. The molecule has 5 amide bonds. The Bertz CT molecular complexity index is 4490. The van der Waals surface area contributed by atoms with Crippen LogP contribution in [0.2, 0.25) is 0 Å². The van der Waals surface area contributed by atoms with Gasteiger partial charge in [-0.05, 0) is 157 Å². The Kier molecular flexibility index (Phi) is 40.0. The number of nitrogens with zero attached hydrogens (tertiary/aromatic N) is 1. The maximum absolute atomic E-state index is 14.7. The summed E-state index contributed by atoms with van der Waals surface area (Å²) in [7, 11) is 10.1. The zero-order valence-electron chi connectivity index (χ0n) is 76.8. The third kappa shape index (κ3) is 25.7. The molecule has 726 valence electrons. The van der Waals surface area contributed by atoms with Crippen LogP contribution in [0.3, 0.4) is 0 Å². The van der Waals surface area contributed by atoms with Gasteiger partial charge in [-0.25, -0.2) is 9.59 Å². The lowest BCUT2D eigenvalue weighted by atomic mass is 9.44. The average Bonchev–Trinajstić information content (AvgIpc) is 1.52. The van der Waals surface area contributed by atoms with E-state index in [2.05, 4.69) is 45.1 Å². The molecule has 8 aliphatic rings. The summed E-state index contributed by atoms with van der Waals surface area (Å²) < 4.78 is 80.7. The van der Waals surface area contributed by atoms with Crippen LogP contribution in [0.25, 0.3) is 0 Å². The molecular formula is C92H130IN7O28S3. The first kappa shape index (κ1) is 106. The van der Waals surface area contributed by atoms with Crippen LogP contribution in [0.5, 0.6) is 17.2 Å². The van der Waals surface area contributed by atoms with Gasteiger partial charge in [0, 0.05) is 105 Å². The number of unbranched alkanes of at least 4 members (excludes halogenated alkanes) is 1. The second kappa shape index (κ2) is 49.3. The number of ether oxygens (including phenoxy) is 13. The van der Waals surface area contributed by atoms with Crippen LogP contribution in [0.15, 0.2) is 47.6 Å². The van der Waals surface area contributed by atoms with E-state index in [4.69, 9.17) is 77.9 Å². The van der Waals surface area contributed by atoms with Crippen LogP contribution in [-0.2, 0) is 87.6 Å². The van der Waals surface area contributed by atoms with Crippen LogP contribution in [0, 0.1) is 69.2 Å². The first-order chi connectivity index (χ1) is 62.5. The normalized spacial score (nSPS) is 31.4. The number of hydrogen-bond acceptors (Lipinski definition) is 33. The number of carbonyl (C=O) groups excluding carboxylic acids is 9. The number of Topliss-reactive ketones (excluding diaryl/α,β-unsaturated/α-hetero) is 3. The molecule has 4 saturated heterocycles. The van der Waals surface area contributed by atoms with Crippen molar-refractivity contribution >= 4 is 114 Å². The van der Waals surface area contributed by atoms with Gasteiger partial charge in [-0.3, -0.25) is 33.6 Å². The number of nitrogens with two attached hydrogens (primary N) is 2. The average molecular weight is 2010 g/mol. The number of amides is 5. The summed E-state index contributed by atoms with van der Waals surface area (Å²) in [6, 6.07) is 2.80. The number of hydroxylamine groups is 1. The number of nitrogens with one attached hydrogen (secondary N) is 4. The Morgan fingerprint density at radius 1 is 0.809 bits per heavy atom. The van der Waals surface area contributed by atoms with Gasteiger partial charge < -0.3 is 124 Å². The van der Waals surface area contributed by atoms with Crippen LogP contribution in [-0.4, -0.2) is 277 Å². The number of methoxy groups -OCH3 is 5. The Hall–Kier alpha value is -6.79. The molecule has 3 saturated carbocycles. The van der Waals surface area contributed by atoms with Crippen molar-refractivity contribution in [2.45, 2.75) is 298 Å². The lowest BCUT2D eigenvalue weighted by molar-refractivity contribution is -0.343. The minimum Gasteiger partial charge on any atom is -0.492 e. The second-order valence-corrected chi connectivity index (χ2v) is 39.9. The fourth-order valence-electron chi connectivity index (χ4n) is 18.6. The van der Waals surface area contributed by atoms with Crippen LogP contribution in [0.1, 0.15) is 180 Å². The van der Waals surface area contributed by atoms with Crippen molar-refractivity contribution < 1.29 is 135 Å². The molecule has 4 aliphatic carbocycles. The zero-order valence-corrected chi connectivity index (χ0v) is 81.4. The standard InChI is InChI=1S/C92H130IN7O28S3/c1-15-100(90(113)121-45-54-29-31-57(32-30-54)97-84(109)56(25-22-37-96-89(95)112)40-62(102)73(47(2)3)98-85(110)55(39-49(5)101)24-19-20-36-94)61-46-120-68(43-66(61)115-10)126-81-76(107)74(99-128-69-42-63(103)83(53(9)122-69)130-86(111)70-50(6)72(93)79(82(119-14)78(70)117-12)127-87-77(108)80(118-13)75(106)52(8)124-87)51(7)123-88(81)125-65-28-21-23-48(4)33-35-91-60(41-67(105)116-11)64(104)44-92(91,114)59(71(65)91)34-38-129-131-58-26-17-16-18-27-58/h23,29-32,34,47,51-53,55-56,58,60-61,63,65-66,68-69,71,73-77,80-81,83,87-88,99,103,106-108,114H,15-20,22,24-27,36-46,94H2,1-14H3,(H,97,109)(H,98,110)(H3,95,96,112)/b48-23-,59-34+/t51-,52+,53-,55-,56-,60?,61+,63+,65+,66+,68+,69+,71?,73+,74-,75+,76+,77-,80-,81-,83-,87+,88+,91?,92+/m1/s1. The van der Waals surface area contributed by atoms with Crippen molar-refractivity contribution in [3.63, 3.8) is 0 Å². The number of primary amides is 1. The van der Waals surface area contributed by atoms with E-state index in [1.54, 1.807) is 107 Å². The van der Waals surface area contributed by atoms with E-state index in [1.807, 2.05) is 28.7 Å². The zero-order chi connectivity index (χ0) is 95.5. The molecule has 13 N–H and O–H groups in total. The van der Waals surface area contributed by atoms with Crippen molar-refractivity contribution in [2.24, 2.45) is 46.5 Å². The summed E-state index contributed by atoms with van der Waals surface area (Å²) in [5, 5.41) is 67.6. The van der Waals surface area contributed by atoms with Gasteiger partial charge in [-0.1, -0.05) is 115 Å². The van der Waals surface area contributed by atoms with E-state index in [9.17, 15) is 68.7 Å². The number of allylic oxidation sites excluding steroid dienone is 2. The summed E-state index contributed by atoms with van der Waals surface area (Å²) in [4.78, 5) is 131. The van der Waals surface area contributed by atoms with E-state index in [0.29, 0.717) is 68.3 Å². The summed E-state index contributed by atoms with van der Waals surface area (Å²) in [5.74, 6) is 6.59. The lowest BCUT2D eigenvalue weighted by Crippen LogP contribution is -2.69. The van der Waals surface area contributed by atoms with Gasteiger partial charge >= 0.3 is 18.1 Å². The molecule has 4 heterocycles. The highest BCUT2D eigenvalue weighted by Crippen LogP contribution is 2.70. The molecule has 0 aromatic heterocycles. The smallest absolute Gasteiger partial charge is 0.410 e. The number of aliphatic hydroxyl groups excluding tert-OH is 4. The molecule has 2 aromatic rings. The van der Waals surface area contributed by atoms with Gasteiger partial charge in [0.15, 0.2) is 36.2 Å². The Labute approximate surface area is 791 Å². The number of ketones is 3. The van der Waals surface area contributed by atoms with E-state index in [1.165, 1.54) is 53.8 Å². The van der Waals surface area contributed by atoms with Crippen molar-refractivity contribution in [3.05, 3.63) is 67.8 Å². The number of rotatable bonds is 43. The number of carbonyl (C=O) groups is 9. The Morgan fingerprint density at radius 3 is 2.16 bits per heavy atom. The maximum atomic E-state index is 14.7. The molecule has 4 aliphatic heterocycles. The van der Waals surface area contributed by atoms with Crippen molar-refractivity contribution in [3.8, 4) is 40.9 Å². The highest BCUT2D eigenvalue weighted by molar-refractivity contribution is 14.1. The van der Waals surface area contributed by atoms with Gasteiger partial charge in [-0.2, -0.15) is 5.48 Å². The molecule has 1 spiro atoms. The molecule has 35 nitrogen and oxygen atoms in total. The molecule has 7 fully saturated rings. The predicted molar refractivity (Wildman–Crippen MR) is 493 cm³/mol. The fourth-order valence-corrected chi connectivity index (χ4v) is 23.0. The monoisotopic (exact) mass is 2000 g/mol. The summed E-state index contributed by atoms with van der Waals surface area (Å²) in [5.41, 5.74) is 12.7. The molecule has 2 aromatic carbocycles. The van der Waals surface area contributed by atoms with Gasteiger partial charge in [0.05, 0.1) is 103 Å². The summed E-state index contributed by atoms with van der Waals surface area (Å²) >= 11 is 2.79. The van der Waals surface area contributed by atoms with E-state index >= 15 is 0 Å². The SMILES string of the molecule is CCN(C(=O)OCc1ccc(NC(=O)[C@H](CCCNC(N)=O)CC(=O)[C@@H](NC(=O)[C@H](CCCCN)CC(C)=O)C(C)C)cc1)[C@H]1CO[C@@H](O[C@H]2[C@H](O[C@H]3C#C/C=C(/C)C#CC45C(CC(=O)OC)C(=O)C[C@]4(O)/C(=C/CSSC4CCCCC4)C35)O[C@H](C)[C@@H](NO[C@H]3C[C@H](O)[C@H](SC(=O)c4c(C)c(I)c(O[C@@H]5O[C@@H](C)[C@H](O)[C@@H](OC)[C@H]5O)c(OC)c4OC)[C@@H](C)O3)[C@@H]2O)C[C@@H]1OC. The van der Waals surface area contributed by atoms with Crippen LogP contribution in [0.4, 0.5) is 15.3 Å². The number of hydrogen-bond donors (Lipinski definition) is 11. The number of anilines is 1. The summed E-state index contributed by atoms with van der Waals surface area (Å²) in [6.45, 7) is 15.3. The highest BCUT2D eigenvalue weighted by atomic mass is 127. The third-order valence-corrected chi connectivity index (χ3v) is 31.2. The number of aliphatic hydroxyl groups is 5. The fraction of sp³-hybridized carbons (Fsp3) is 0.685. The van der Waals surface area contributed by atoms with Gasteiger partial charge in [0.1, 0.15) is 60.4 Å². The van der Waals surface area contributed by atoms with E-state index in [0.717, 1.165) is 37.4 Å². The number of urea groups is 1.